The SMILES string of the molecule is CC(C)(C)c1ccccc1OC1CN(C(=O)c2ccc(C#N)cc2)C1. The lowest BCUT2D eigenvalue weighted by molar-refractivity contribution is 0.0171. The first-order valence-corrected chi connectivity index (χ1v) is 8.44. The standard InChI is InChI=1S/C21H22N2O2/c1-21(2,3)18-6-4-5-7-19(18)25-17-13-23(14-17)20(24)16-10-8-15(12-22)9-11-16/h4-11,17H,13-14H2,1-3H3. The molecule has 1 aliphatic rings. The van der Waals surface area contributed by atoms with Crippen molar-refractivity contribution in [3.63, 3.8) is 0 Å². The molecule has 0 radical (unpaired) electrons. The van der Waals surface area contributed by atoms with Crippen molar-refractivity contribution in [2.75, 3.05) is 13.1 Å². The number of likely N-dealkylation sites (tertiary alicyclic amines) is 1. The first kappa shape index (κ1) is 17.0. The third kappa shape index (κ3) is 3.66. The number of amides is 1. The van der Waals surface area contributed by atoms with Crippen molar-refractivity contribution in [1.29, 1.82) is 5.26 Å². The van der Waals surface area contributed by atoms with Gasteiger partial charge in [-0.3, -0.25) is 4.79 Å². The van der Waals surface area contributed by atoms with Crippen LogP contribution in [0.15, 0.2) is 48.5 Å². The Bertz CT molecular complexity index is 807. The monoisotopic (exact) mass is 334 g/mol. The van der Waals surface area contributed by atoms with Gasteiger partial charge in [-0.2, -0.15) is 5.26 Å². The highest BCUT2D eigenvalue weighted by atomic mass is 16.5. The van der Waals surface area contributed by atoms with E-state index in [0.29, 0.717) is 24.2 Å². The summed E-state index contributed by atoms with van der Waals surface area (Å²) in [5.41, 5.74) is 2.35. The van der Waals surface area contributed by atoms with Crippen LogP contribution < -0.4 is 4.74 Å². The molecule has 3 rings (SSSR count). The van der Waals surface area contributed by atoms with E-state index in [1.807, 2.05) is 18.2 Å². The molecule has 0 atom stereocenters. The molecule has 0 unspecified atom stereocenters. The van der Waals surface area contributed by atoms with Crippen molar-refractivity contribution >= 4 is 5.91 Å². The molecule has 2 aromatic carbocycles. The summed E-state index contributed by atoms with van der Waals surface area (Å²) in [5, 5.41) is 8.83. The number of rotatable bonds is 3. The van der Waals surface area contributed by atoms with E-state index in [9.17, 15) is 4.79 Å². The van der Waals surface area contributed by atoms with Crippen LogP contribution in [-0.2, 0) is 5.41 Å². The number of hydrogen-bond donors (Lipinski definition) is 0. The zero-order valence-electron chi connectivity index (χ0n) is 14.8. The number of hydrogen-bond acceptors (Lipinski definition) is 3. The van der Waals surface area contributed by atoms with Gasteiger partial charge in [-0.15, -0.1) is 0 Å². The maximum absolute atomic E-state index is 12.4. The minimum absolute atomic E-state index is 0.0122. The Morgan fingerprint density at radius 3 is 2.36 bits per heavy atom. The zero-order chi connectivity index (χ0) is 18.0. The maximum Gasteiger partial charge on any atom is 0.254 e. The van der Waals surface area contributed by atoms with Gasteiger partial charge in [0, 0.05) is 5.56 Å². The minimum atomic E-state index is -0.0200. The Hall–Kier alpha value is -2.80. The summed E-state index contributed by atoms with van der Waals surface area (Å²) in [5.74, 6) is 0.874. The molecule has 0 spiro atoms. The number of para-hydroxylation sites is 1. The fourth-order valence-electron chi connectivity index (χ4n) is 2.92. The average Bonchev–Trinajstić information content (AvgIpc) is 2.57. The quantitative estimate of drug-likeness (QED) is 0.859. The highest BCUT2D eigenvalue weighted by Gasteiger charge is 2.33. The van der Waals surface area contributed by atoms with Crippen LogP contribution in [0.3, 0.4) is 0 Å². The van der Waals surface area contributed by atoms with Gasteiger partial charge in [0.15, 0.2) is 0 Å². The molecule has 25 heavy (non-hydrogen) atoms. The van der Waals surface area contributed by atoms with Crippen LogP contribution in [0, 0.1) is 11.3 Å². The van der Waals surface area contributed by atoms with Crippen molar-refractivity contribution in [3.05, 3.63) is 65.2 Å². The Kier molecular flexibility index (Phi) is 4.50. The molecule has 1 amide bonds. The largest absolute Gasteiger partial charge is 0.486 e. The highest BCUT2D eigenvalue weighted by molar-refractivity contribution is 5.94. The van der Waals surface area contributed by atoms with Crippen LogP contribution in [0.5, 0.6) is 5.75 Å². The van der Waals surface area contributed by atoms with Crippen LogP contribution in [0.1, 0.15) is 42.3 Å². The average molecular weight is 334 g/mol. The predicted octanol–water partition coefficient (Wildman–Crippen LogP) is 3.76. The lowest BCUT2D eigenvalue weighted by Gasteiger charge is -2.39. The molecule has 1 saturated heterocycles. The normalized spacial score (nSPS) is 14.6. The summed E-state index contributed by atoms with van der Waals surface area (Å²) in [4.78, 5) is 14.2. The number of benzene rings is 2. The number of carbonyl (C=O) groups is 1. The molecule has 2 aromatic rings. The van der Waals surface area contributed by atoms with E-state index in [4.69, 9.17) is 10.00 Å². The summed E-state index contributed by atoms with van der Waals surface area (Å²) >= 11 is 0. The van der Waals surface area contributed by atoms with Crippen LogP contribution in [0.4, 0.5) is 0 Å². The van der Waals surface area contributed by atoms with Gasteiger partial charge in [0.1, 0.15) is 11.9 Å². The maximum atomic E-state index is 12.4. The Morgan fingerprint density at radius 2 is 1.76 bits per heavy atom. The zero-order valence-corrected chi connectivity index (χ0v) is 14.8. The second kappa shape index (κ2) is 6.60. The number of nitriles is 1. The van der Waals surface area contributed by atoms with E-state index < -0.39 is 0 Å². The fraction of sp³-hybridized carbons (Fsp3) is 0.333. The third-order valence-corrected chi connectivity index (χ3v) is 4.38. The number of carbonyl (C=O) groups excluding carboxylic acids is 1. The van der Waals surface area contributed by atoms with Crippen LogP contribution in [0.2, 0.25) is 0 Å². The van der Waals surface area contributed by atoms with E-state index in [1.54, 1.807) is 29.2 Å². The molecular formula is C21H22N2O2. The Morgan fingerprint density at radius 1 is 1.12 bits per heavy atom. The van der Waals surface area contributed by atoms with Crippen molar-refractivity contribution in [1.82, 2.24) is 4.90 Å². The summed E-state index contributed by atoms with van der Waals surface area (Å²) < 4.78 is 6.12. The van der Waals surface area contributed by atoms with E-state index in [2.05, 4.69) is 32.9 Å². The molecule has 4 heteroatoms. The molecule has 128 valence electrons. The lowest BCUT2D eigenvalue weighted by Crippen LogP contribution is -2.56. The number of nitrogens with zero attached hydrogens (tertiary/aromatic N) is 2. The Labute approximate surface area is 148 Å². The summed E-state index contributed by atoms with van der Waals surface area (Å²) in [6.07, 6.45) is 0.0193. The summed E-state index contributed by atoms with van der Waals surface area (Å²) in [6.45, 7) is 7.65. The first-order chi connectivity index (χ1) is 11.9. The van der Waals surface area contributed by atoms with Gasteiger partial charge in [-0.1, -0.05) is 39.0 Å². The predicted molar refractivity (Wildman–Crippen MR) is 96.6 cm³/mol. The van der Waals surface area contributed by atoms with Gasteiger partial charge in [0.2, 0.25) is 0 Å². The first-order valence-electron chi connectivity index (χ1n) is 8.44. The van der Waals surface area contributed by atoms with Gasteiger partial charge in [-0.05, 0) is 41.3 Å². The molecule has 1 aliphatic heterocycles. The van der Waals surface area contributed by atoms with Gasteiger partial charge < -0.3 is 9.64 Å². The lowest BCUT2D eigenvalue weighted by atomic mass is 9.86. The second-order valence-electron chi connectivity index (χ2n) is 7.39. The molecule has 4 nitrogen and oxygen atoms in total. The topological polar surface area (TPSA) is 53.3 Å². The molecule has 0 saturated carbocycles. The van der Waals surface area contributed by atoms with E-state index in [0.717, 1.165) is 5.75 Å². The molecule has 1 heterocycles. The highest BCUT2D eigenvalue weighted by Crippen LogP contribution is 2.32. The minimum Gasteiger partial charge on any atom is -0.486 e. The summed E-state index contributed by atoms with van der Waals surface area (Å²) in [7, 11) is 0. The van der Waals surface area contributed by atoms with Gasteiger partial charge >= 0.3 is 0 Å². The van der Waals surface area contributed by atoms with Crippen molar-refractivity contribution < 1.29 is 9.53 Å². The van der Waals surface area contributed by atoms with Crippen LogP contribution >= 0.6 is 0 Å². The Balaban J connectivity index is 1.62. The van der Waals surface area contributed by atoms with Gasteiger partial charge in [-0.25, -0.2) is 0 Å². The molecular weight excluding hydrogens is 312 g/mol. The molecule has 0 aliphatic carbocycles. The van der Waals surface area contributed by atoms with E-state index >= 15 is 0 Å². The summed E-state index contributed by atoms with van der Waals surface area (Å²) in [6, 6.07) is 16.9. The van der Waals surface area contributed by atoms with Gasteiger partial charge in [0.25, 0.3) is 5.91 Å². The van der Waals surface area contributed by atoms with E-state index in [-0.39, 0.29) is 17.4 Å². The van der Waals surface area contributed by atoms with Crippen molar-refractivity contribution in [3.8, 4) is 11.8 Å². The van der Waals surface area contributed by atoms with Crippen LogP contribution in [-0.4, -0.2) is 30.0 Å². The van der Waals surface area contributed by atoms with Crippen molar-refractivity contribution in [2.24, 2.45) is 0 Å². The van der Waals surface area contributed by atoms with Crippen molar-refractivity contribution in [2.45, 2.75) is 32.3 Å². The van der Waals surface area contributed by atoms with Crippen LogP contribution in [0.25, 0.3) is 0 Å². The van der Waals surface area contributed by atoms with Gasteiger partial charge in [0.05, 0.1) is 24.7 Å². The van der Waals surface area contributed by atoms with E-state index in [1.165, 1.54) is 5.56 Å². The fourth-order valence-corrected chi connectivity index (χ4v) is 2.92. The molecule has 0 N–H and O–H groups in total. The number of ether oxygens (including phenoxy) is 1. The molecule has 1 fully saturated rings. The third-order valence-electron chi connectivity index (χ3n) is 4.38. The smallest absolute Gasteiger partial charge is 0.254 e. The molecule has 0 bridgehead atoms. The second-order valence-corrected chi connectivity index (χ2v) is 7.39. The molecule has 0 aromatic heterocycles.